The van der Waals surface area contributed by atoms with Crippen LogP contribution in [0, 0.1) is 23.7 Å². The zero-order valence-corrected chi connectivity index (χ0v) is 12.3. The third-order valence-corrected chi connectivity index (χ3v) is 5.43. The lowest BCUT2D eigenvalue weighted by molar-refractivity contribution is -0.124. The fourth-order valence-corrected chi connectivity index (χ4v) is 4.48. The third kappa shape index (κ3) is 1.81. The largest absolute Gasteiger partial charge is 0.497 e. The van der Waals surface area contributed by atoms with Crippen LogP contribution in [0.15, 0.2) is 29.4 Å². The monoisotopic (exact) mass is 285 g/mol. The summed E-state index contributed by atoms with van der Waals surface area (Å²) in [5.74, 6) is 2.59. The van der Waals surface area contributed by atoms with E-state index < -0.39 is 0 Å². The van der Waals surface area contributed by atoms with Crippen molar-refractivity contribution in [3.63, 3.8) is 0 Å². The van der Waals surface area contributed by atoms with Crippen molar-refractivity contribution in [1.82, 2.24) is 0 Å². The number of ketones is 1. The number of carbonyl (C=O) groups is 1. The highest BCUT2D eigenvalue weighted by Gasteiger charge is 2.59. The molecular weight excluding hydrogens is 266 g/mol. The first kappa shape index (κ1) is 12.9. The maximum atomic E-state index is 11.7. The first-order valence-electron chi connectivity index (χ1n) is 7.57. The summed E-state index contributed by atoms with van der Waals surface area (Å²) in [6, 6.07) is 7.99. The number of fused-ring (bicyclic) bond motifs is 5. The summed E-state index contributed by atoms with van der Waals surface area (Å²) >= 11 is 0. The Bertz CT molecular complexity index is 607. The quantitative estimate of drug-likeness (QED) is 0.858. The molecule has 0 aromatic heterocycles. The molecular formula is C17H19NO3. The van der Waals surface area contributed by atoms with Gasteiger partial charge in [0.15, 0.2) is 0 Å². The van der Waals surface area contributed by atoms with Crippen molar-refractivity contribution in [2.75, 3.05) is 7.11 Å². The number of Topliss-reactive ketones (excluding diaryl/α,β-unsaturated/α-hetero) is 1. The maximum absolute atomic E-state index is 11.7. The van der Waals surface area contributed by atoms with E-state index in [1.54, 1.807) is 14.0 Å². The highest BCUT2D eigenvalue weighted by Crippen LogP contribution is 2.56. The van der Waals surface area contributed by atoms with Crippen LogP contribution in [0.1, 0.15) is 25.3 Å². The molecule has 0 saturated heterocycles. The fourth-order valence-electron chi connectivity index (χ4n) is 4.48. The number of nitrogens with zero attached hydrogens (tertiary/aromatic N) is 1. The average molecular weight is 285 g/mol. The van der Waals surface area contributed by atoms with Crippen LogP contribution < -0.4 is 4.74 Å². The molecule has 5 unspecified atom stereocenters. The van der Waals surface area contributed by atoms with Gasteiger partial charge in [-0.2, -0.15) is 0 Å². The Hall–Kier alpha value is -1.84. The molecule has 0 N–H and O–H groups in total. The van der Waals surface area contributed by atoms with Gasteiger partial charge >= 0.3 is 0 Å². The molecule has 4 nitrogen and oxygen atoms in total. The van der Waals surface area contributed by atoms with Gasteiger partial charge < -0.3 is 9.57 Å². The number of ether oxygens (including phenoxy) is 1. The summed E-state index contributed by atoms with van der Waals surface area (Å²) in [7, 11) is 1.67. The summed E-state index contributed by atoms with van der Waals surface area (Å²) in [6.07, 6.45) is 2.21. The summed E-state index contributed by atoms with van der Waals surface area (Å²) in [5.41, 5.74) is 2.16. The fraction of sp³-hybridized carbons (Fsp3) is 0.529. The lowest BCUT2D eigenvalue weighted by Gasteiger charge is -2.28. The Balaban J connectivity index is 1.59. The van der Waals surface area contributed by atoms with Crippen LogP contribution in [0.25, 0.3) is 0 Å². The standard InChI is InChI=1S/C17H19NO3/c1-9(19)13-7-11-8-14(13)17-15(11)16(18-21-17)10-3-5-12(20-2)6-4-10/h3-6,11,13-15,17H,7-8H2,1-2H3. The van der Waals surface area contributed by atoms with Crippen LogP contribution in [-0.2, 0) is 9.63 Å². The molecule has 2 aliphatic carbocycles. The highest BCUT2D eigenvalue weighted by atomic mass is 16.6. The number of hydrogen-bond donors (Lipinski definition) is 0. The van der Waals surface area contributed by atoms with Gasteiger partial charge in [0.25, 0.3) is 0 Å². The molecule has 4 rings (SSSR count). The lowest BCUT2D eigenvalue weighted by atomic mass is 9.75. The van der Waals surface area contributed by atoms with Crippen molar-refractivity contribution in [2.24, 2.45) is 28.8 Å². The summed E-state index contributed by atoms with van der Waals surface area (Å²) < 4.78 is 5.20. The van der Waals surface area contributed by atoms with Crippen LogP contribution in [0.2, 0.25) is 0 Å². The molecule has 0 spiro atoms. The van der Waals surface area contributed by atoms with Crippen molar-refractivity contribution in [2.45, 2.75) is 25.9 Å². The van der Waals surface area contributed by atoms with Crippen molar-refractivity contribution >= 4 is 11.5 Å². The Kier molecular flexibility index (Phi) is 2.81. The van der Waals surface area contributed by atoms with Gasteiger partial charge in [0.05, 0.1) is 12.8 Å². The topological polar surface area (TPSA) is 47.9 Å². The molecule has 110 valence electrons. The summed E-state index contributed by atoms with van der Waals surface area (Å²) in [5, 5.41) is 4.35. The Morgan fingerprint density at radius 1 is 1.29 bits per heavy atom. The SMILES string of the molecule is COc1ccc(C2=NOC3C4CC(CC4C(C)=O)C23)cc1. The molecule has 1 aromatic carbocycles. The summed E-state index contributed by atoms with van der Waals surface area (Å²) in [6.45, 7) is 1.71. The van der Waals surface area contributed by atoms with Crippen LogP contribution in [0.4, 0.5) is 0 Å². The molecule has 0 amide bonds. The molecule has 4 heteroatoms. The summed E-state index contributed by atoms with van der Waals surface area (Å²) in [4.78, 5) is 17.5. The predicted molar refractivity (Wildman–Crippen MR) is 78.3 cm³/mol. The minimum absolute atomic E-state index is 0.106. The van der Waals surface area contributed by atoms with Crippen molar-refractivity contribution in [3.05, 3.63) is 29.8 Å². The first-order chi connectivity index (χ1) is 10.2. The van der Waals surface area contributed by atoms with Crippen molar-refractivity contribution in [1.29, 1.82) is 0 Å². The molecule has 1 aromatic rings. The second kappa shape index (κ2) is 4.58. The maximum Gasteiger partial charge on any atom is 0.139 e. The Labute approximate surface area is 124 Å². The van der Waals surface area contributed by atoms with E-state index in [1.807, 2.05) is 24.3 Å². The molecule has 0 radical (unpaired) electrons. The van der Waals surface area contributed by atoms with E-state index in [0.717, 1.165) is 29.9 Å². The second-order valence-electron chi connectivity index (χ2n) is 6.41. The highest BCUT2D eigenvalue weighted by molar-refractivity contribution is 6.03. The normalized spacial score (nSPS) is 36.1. The number of hydrogen-bond acceptors (Lipinski definition) is 4. The Morgan fingerprint density at radius 3 is 2.71 bits per heavy atom. The van der Waals surface area contributed by atoms with Crippen LogP contribution >= 0.6 is 0 Å². The molecule has 1 heterocycles. The molecule has 1 aliphatic heterocycles. The minimum Gasteiger partial charge on any atom is -0.497 e. The molecule has 2 fully saturated rings. The van der Waals surface area contributed by atoms with E-state index in [1.165, 1.54) is 0 Å². The molecule has 2 saturated carbocycles. The van der Waals surface area contributed by atoms with Gasteiger partial charge in [0, 0.05) is 23.3 Å². The first-order valence-corrected chi connectivity index (χ1v) is 7.57. The van der Waals surface area contributed by atoms with Gasteiger partial charge in [0.1, 0.15) is 17.6 Å². The number of rotatable bonds is 3. The number of benzene rings is 1. The average Bonchev–Trinajstić information content (AvgIpc) is 3.18. The van der Waals surface area contributed by atoms with E-state index in [9.17, 15) is 4.79 Å². The zero-order valence-electron chi connectivity index (χ0n) is 12.3. The van der Waals surface area contributed by atoms with Gasteiger partial charge in [-0.1, -0.05) is 5.16 Å². The smallest absolute Gasteiger partial charge is 0.139 e. The van der Waals surface area contributed by atoms with Gasteiger partial charge in [-0.05, 0) is 49.9 Å². The molecule has 5 atom stereocenters. The van der Waals surface area contributed by atoms with E-state index in [4.69, 9.17) is 9.57 Å². The third-order valence-electron chi connectivity index (χ3n) is 5.43. The number of oxime groups is 1. The van der Waals surface area contributed by atoms with Crippen LogP contribution in [0.3, 0.4) is 0 Å². The van der Waals surface area contributed by atoms with Crippen molar-refractivity contribution < 1.29 is 14.4 Å². The van der Waals surface area contributed by atoms with E-state index in [2.05, 4.69) is 5.16 Å². The van der Waals surface area contributed by atoms with Gasteiger partial charge in [-0.3, -0.25) is 4.79 Å². The van der Waals surface area contributed by atoms with Gasteiger partial charge in [0.2, 0.25) is 0 Å². The number of methoxy groups -OCH3 is 1. The molecule has 21 heavy (non-hydrogen) atoms. The van der Waals surface area contributed by atoms with Gasteiger partial charge in [-0.25, -0.2) is 0 Å². The van der Waals surface area contributed by atoms with E-state index in [-0.39, 0.29) is 12.0 Å². The van der Waals surface area contributed by atoms with E-state index >= 15 is 0 Å². The van der Waals surface area contributed by atoms with E-state index in [0.29, 0.717) is 23.5 Å². The Morgan fingerprint density at radius 2 is 2.05 bits per heavy atom. The minimum atomic E-state index is 0.106. The molecule has 2 bridgehead atoms. The zero-order chi connectivity index (χ0) is 14.6. The van der Waals surface area contributed by atoms with Crippen LogP contribution in [-0.4, -0.2) is 24.7 Å². The molecule has 3 aliphatic rings. The van der Waals surface area contributed by atoms with Crippen molar-refractivity contribution in [3.8, 4) is 5.75 Å². The second-order valence-corrected chi connectivity index (χ2v) is 6.41. The number of carbonyl (C=O) groups excluding carboxylic acids is 1. The van der Waals surface area contributed by atoms with Crippen LogP contribution in [0.5, 0.6) is 5.75 Å². The predicted octanol–water partition coefficient (Wildman–Crippen LogP) is 2.66. The lowest BCUT2D eigenvalue weighted by Crippen LogP contribution is -2.36. The van der Waals surface area contributed by atoms with Gasteiger partial charge in [-0.15, -0.1) is 0 Å².